The largest absolute Gasteiger partial charge is 0.326 e. The van der Waals surface area contributed by atoms with Crippen LogP contribution < -0.4 is 14.8 Å². The summed E-state index contributed by atoms with van der Waals surface area (Å²) in [4.78, 5) is 23.5. The van der Waals surface area contributed by atoms with Crippen LogP contribution in [-0.2, 0) is 24.8 Å². The highest BCUT2D eigenvalue weighted by atomic mass is 32.2. The number of nitrogens with one attached hydrogen (secondary N) is 3. The molecular formula is C22H21N3O6S2. The summed E-state index contributed by atoms with van der Waals surface area (Å²) < 4.78 is 54.5. The minimum atomic E-state index is -4.20. The first-order valence-corrected chi connectivity index (χ1v) is 12.6. The zero-order valence-corrected chi connectivity index (χ0v) is 19.3. The van der Waals surface area contributed by atoms with Gasteiger partial charge in [0.2, 0.25) is 5.91 Å². The molecule has 3 aromatic rings. The third-order valence-corrected chi connectivity index (χ3v) is 7.16. The number of rotatable bonds is 7. The molecule has 0 atom stereocenters. The fourth-order valence-electron chi connectivity index (χ4n) is 2.82. The highest BCUT2D eigenvalue weighted by molar-refractivity contribution is 7.92. The summed E-state index contributed by atoms with van der Waals surface area (Å²) in [6.45, 7) is 3.15. The Bertz CT molecular complexity index is 1400. The van der Waals surface area contributed by atoms with Crippen LogP contribution in [0.3, 0.4) is 0 Å². The lowest BCUT2D eigenvalue weighted by Crippen LogP contribution is -2.30. The van der Waals surface area contributed by atoms with Crippen LogP contribution in [0.4, 0.5) is 11.4 Å². The minimum Gasteiger partial charge on any atom is -0.326 e. The van der Waals surface area contributed by atoms with Gasteiger partial charge >= 0.3 is 0 Å². The van der Waals surface area contributed by atoms with Crippen LogP contribution >= 0.6 is 0 Å². The molecule has 0 unspecified atom stereocenters. The SMILES string of the molecule is CC(=O)Nc1ccc(S(=O)(=O)NC(=O)c2cccc(NS(=O)(=O)c3ccc(C)cc3)c2)cc1. The van der Waals surface area contributed by atoms with E-state index in [1.165, 1.54) is 67.6 Å². The molecule has 3 aromatic carbocycles. The van der Waals surface area contributed by atoms with Gasteiger partial charge in [0.05, 0.1) is 9.79 Å². The van der Waals surface area contributed by atoms with Gasteiger partial charge in [-0.05, 0) is 61.5 Å². The summed E-state index contributed by atoms with van der Waals surface area (Å²) in [5, 5.41) is 2.51. The van der Waals surface area contributed by atoms with Crippen LogP contribution in [0.2, 0.25) is 0 Å². The second-order valence-electron chi connectivity index (χ2n) is 7.14. The highest BCUT2D eigenvalue weighted by Crippen LogP contribution is 2.19. The van der Waals surface area contributed by atoms with E-state index in [-0.39, 0.29) is 26.9 Å². The average Bonchev–Trinajstić information content (AvgIpc) is 2.73. The zero-order valence-electron chi connectivity index (χ0n) is 17.7. The predicted molar refractivity (Wildman–Crippen MR) is 124 cm³/mol. The Morgan fingerprint density at radius 1 is 0.727 bits per heavy atom. The van der Waals surface area contributed by atoms with Gasteiger partial charge in [0.25, 0.3) is 26.0 Å². The Labute approximate surface area is 191 Å². The van der Waals surface area contributed by atoms with Crippen molar-refractivity contribution in [1.82, 2.24) is 4.72 Å². The maximum absolute atomic E-state index is 12.6. The van der Waals surface area contributed by atoms with Crippen molar-refractivity contribution in [2.75, 3.05) is 10.0 Å². The fraction of sp³-hybridized carbons (Fsp3) is 0.0909. The van der Waals surface area contributed by atoms with Crippen molar-refractivity contribution in [2.45, 2.75) is 23.6 Å². The van der Waals surface area contributed by atoms with Crippen molar-refractivity contribution in [2.24, 2.45) is 0 Å². The van der Waals surface area contributed by atoms with Crippen LogP contribution in [0.25, 0.3) is 0 Å². The summed E-state index contributed by atoms with van der Waals surface area (Å²) in [5.74, 6) is -1.24. The number of amides is 2. The van der Waals surface area contributed by atoms with Gasteiger partial charge < -0.3 is 5.32 Å². The molecule has 0 spiro atoms. The van der Waals surface area contributed by atoms with Crippen molar-refractivity contribution in [3.63, 3.8) is 0 Å². The normalized spacial score (nSPS) is 11.5. The number of benzene rings is 3. The van der Waals surface area contributed by atoms with Crippen LogP contribution in [0.1, 0.15) is 22.8 Å². The second kappa shape index (κ2) is 9.43. The molecule has 0 aliphatic rings. The highest BCUT2D eigenvalue weighted by Gasteiger charge is 2.20. The zero-order chi connectivity index (χ0) is 24.2. The summed E-state index contributed by atoms with van der Waals surface area (Å²) in [5.41, 5.74) is 1.35. The van der Waals surface area contributed by atoms with Crippen molar-refractivity contribution < 1.29 is 26.4 Å². The van der Waals surface area contributed by atoms with Gasteiger partial charge in [-0.3, -0.25) is 14.3 Å². The van der Waals surface area contributed by atoms with E-state index in [2.05, 4.69) is 10.0 Å². The van der Waals surface area contributed by atoms with Gasteiger partial charge in [0.1, 0.15) is 0 Å². The molecule has 0 radical (unpaired) electrons. The maximum atomic E-state index is 12.6. The van der Waals surface area contributed by atoms with E-state index in [1.807, 2.05) is 11.6 Å². The number of carbonyl (C=O) groups is 2. The molecule has 3 rings (SSSR count). The van der Waals surface area contributed by atoms with Crippen molar-refractivity contribution in [3.8, 4) is 0 Å². The van der Waals surface area contributed by atoms with E-state index >= 15 is 0 Å². The third-order valence-electron chi connectivity index (χ3n) is 4.42. The molecule has 0 aliphatic carbocycles. The van der Waals surface area contributed by atoms with Gasteiger partial charge in [-0.25, -0.2) is 21.6 Å². The molecule has 0 aromatic heterocycles. The molecule has 3 N–H and O–H groups in total. The molecular weight excluding hydrogens is 466 g/mol. The fourth-order valence-corrected chi connectivity index (χ4v) is 4.84. The minimum absolute atomic E-state index is 0.0493. The lowest BCUT2D eigenvalue weighted by molar-refractivity contribution is -0.114. The first-order valence-electron chi connectivity index (χ1n) is 9.61. The van der Waals surface area contributed by atoms with Gasteiger partial charge in [0.15, 0.2) is 0 Å². The average molecular weight is 488 g/mol. The predicted octanol–water partition coefficient (Wildman–Crippen LogP) is 2.87. The molecule has 2 amide bonds. The number of hydrogen-bond donors (Lipinski definition) is 3. The van der Waals surface area contributed by atoms with Gasteiger partial charge in [0, 0.05) is 23.9 Å². The molecule has 0 saturated carbocycles. The van der Waals surface area contributed by atoms with Gasteiger partial charge in [-0.1, -0.05) is 23.8 Å². The standard InChI is InChI=1S/C22H21N3O6S2/c1-15-6-10-20(11-7-15)32(28,29)24-19-5-3-4-17(14-19)22(27)25-33(30,31)21-12-8-18(9-13-21)23-16(2)26/h3-14,24H,1-2H3,(H,23,26)(H,25,27). The van der Waals surface area contributed by atoms with E-state index in [0.29, 0.717) is 5.69 Å². The Hall–Kier alpha value is -3.70. The van der Waals surface area contributed by atoms with E-state index < -0.39 is 26.0 Å². The summed E-state index contributed by atoms with van der Waals surface area (Å²) >= 11 is 0. The maximum Gasteiger partial charge on any atom is 0.265 e. The number of carbonyl (C=O) groups excluding carboxylic acids is 2. The molecule has 0 heterocycles. The smallest absolute Gasteiger partial charge is 0.265 e. The van der Waals surface area contributed by atoms with Gasteiger partial charge in [-0.2, -0.15) is 0 Å². The second-order valence-corrected chi connectivity index (χ2v) is 10.5. The molecule has 33 heavy (non-hydrogen) atoms. The summed E-state index contributed by atoms with van der Waals surface area (Å²) in [6, 6.07) is 17.0. The molecule has 0 bridgehead atoms. The quantitative estimate of drug-likeness (QED) is 0.468. The number of hydrogen-bond acceptors (Lipinski definition) is 6. The first kappa shape index (κ1) is 24.0. The Balaban J connectivity index is 1.76. The van der Waals surface area contributed by atoms with Crippen LogP contribution in [-0.4, -0.2) is 28.6 Å². The molecule has 11 heteroatoms. The van der Waals surface area contributed by atoms with Crippen molar-refractivity contribution in [3.05, 3.63) is 83.9 Å². The van der Waals surface area contributed by atoms with Crippen molar-refractivity contribution in [1.29, 1.82) is 0 Å². The Morgan fingerprint density at radius 2 is 1.30 bits per heavy atom. The first-order chi connectivity index (χ1) is 15.5. The third kappa shape index (κ3) is 6.18. The van der Waals surface area contributed by atoms with E-state index in [0.717, 1.165) is 5.56 Å². The topological polar surface area (TPSA) is 139 Å². The number of anilines is 2. The lowest BCUT2D eigenvalue weighted by atomic mass is 10.2. The Morgan fingerprint density at radius 3 is 1.91 bits per heavy atom. The summed E-state index contributed by atoms with van der Waals surface area (Å²) in [6.07, 6.45) is 0. The molecule has 0 aliphatic heterocycles. The van der Waals surface area contributed by atoms with Crippen LogP contribution in [0, 0.1) is 6.92 Å². The molecule has 172 valence electrons. The van der Waals surface area contributed by atoms with Gasteiger partial charge in [-0.15, -0.1) is 0 Å². The monoisotopic (exact) mass is 487 g/mol. The van der Waals surface area contributed by atoms with Crippen LogP contribution in [0.15, 0.2) is 82.6 Å². The van der Waals surface area contributed by atoms with E-state index in [9.17, 15) is 26.4 Å². The molecule has 0 fully saturated rings. The lowest BCUT2D eigenvalue weighted by Gasteiger charge is -2.11. The molecule has 9 nitrogen and oxygen atoms in total. The Kier molecular flexibility index (Phi) is 6.84. The number of aryl methyl sites for hydroxylation is 1. The van der Waals surface area contributed by atoms with E-state index in [1.54, 1.807) is 12.1 Å². The molecule has 0 saturated heterocycles. The van der Waals surface area contributed by atoms with E-state index in [4.69, 9.17) is 0 Å². The van der Waals surface area contributed by atoms with Crippen molar-refractivity contribution >= 4 is 43.2 Å². The van der Waals surface area contributed by atoms with Crippen LogP contribution in [0.5, 0.6) is 0 Å². The summed E-state index contributed by atoms with van der Waals surface area (Å²) in [7, 11) is -8.09. The number of sulfonamides is 2.